The summed E-state index contributed by atoms with van der Waals surface area (Å²) >= 11 is 3.63. The van der Waals surface area contributed by atoms with Crippen molar-refractivity contribution >= 4 is 27.5 Å². The van der Waals surface area contributed by atoms with Gasteiger partial charge in [-0.3, -0.25) is 9.69 Å². The predicted molar refractivity (Wildman–Crippen MR) is 142 cm³/mol. The van der Waals surface area contributed by atoms with Crippen molar-refractivity contribution in [3.05, 3.63) is 149 Å². The number of benzene rings is 4. The molecule has 1 atom stereocenters. The molecule has 0 bridgehead atoms. The third-order valence-electron chi connectivity index (χ3n) is 6.64. The van der Waals surface area contributed by atoms with Crippen molar-refractivity contribution in [2.75, 3.05) is 4.90 Å². The quantitative estimate of drug-likeness (QED) is 0.238. The van der Waals surface area contributed by atoms with E-state index >= 15 is 0 Å². The van der Waals surface area contributed by atoms with Gasteiger partial charge in [0.2, 0.25) is 0 Å². The topological polar surface area (TPSA) is 46.3 Å². The lowest BCUT2D eigenvalue weighted by molar-refractivity contribution is -0.123. The molecule has 1 aliphatic heterocycles. The smallest absolute Gasteiger partial charge is 0.253 e. The number of hydrogen-bond donors (Lipinski definition) is 1. The molecule has 34 heavy (non-hydrogen) atoms. The molecule has 5 rings (SSSR count). The monoisotopic (exact) mass is 508 g/mol. The number of anilines is 1. The highest BCUT2D eigenvalue weighted by Gasteiger charge is 2.56. The molecule has 1 amide bonds. The van der Waals surface area contributed by atoms with E-state index < -0.39 is 11.1 Å². The van der Waals surface area contributed by atoms with Gasteiger partial charge in [-0.1, -0.05) is 119 Å². The van der Waals surface area contributed by atoms with E-state index in [-0.39, 0.29) is 5.91 Å². The molecule has 1 aliphatic rings. The molecule has 4 heteroatoms. The zero-order valence-electron chi connectivity index (χ0n) is 18.7. The lowest BCUT2D eigenvalue weighted by Gasteiger charge is -2.44. The highest BCUT2D eigenvalue weighted by atomic mass is 79.9. The van der Waals surface area contributed by atoms with Crippen LogP contribution in [0, 0.1) is 0 Å². The highest BCUT2D eigenvalue weighted by Crippen LogP contribution is 2.52. The van der Waals surface area contributed by atoms with Gasteiger partial charge in [-0.2, -0.15) is 0 Å². The van der Waals surface area contributed by atoms with Crippen molar-refractivity contribution in [3.63, 3.8) is 0 Å². The van der Waals surface area contributed by atoms with Crippen LogP contribution in [0.2, 0.25) is 0 Å². The van der Waals surface area contributed by atoms with Crippen molar-refractivity contribution in [2.45, 2.75) is 17.5 Å². The van der Waals surface area contributed by atoms with Crippen LogP contribution in [-0.2, 0) is 15.9 Å². The summed E-state index contributed by atoms with van der Waals surface area (Å²) < 4.78 is 0.884. The Morgan fingerprint density at radius 2 is 1.29 bits per heavy atom. The van der Waals surface area contributed by atoms with E-state index in [0.29, 0.717) is 6.42 Å². The largest absolute Gasteiger partial charge is 0.313 e. The fourth-order valence-electron chi connectivity index (χ4n) is 5.17. The fraction of sp³-hybridized carbons (Fsp3) is 0.100. The third-order valence-corrected chi connectivity index (χ3v) is 7.14. The molecule has 0 saturated carbocycles. The number of fused-ring (bicyclic) bond motifs is 1. The first-order chi connectivity index (χ1) is 16.5. The van der Waals surface area contributed by atoms with Crippen LogP contribution < -0.4 is 10.6 Å². The lowest BCUT2D eigenvalue weighted by Crippen LogP contribution is -2.55. The highest BCUT2D eigenvalue weighted by molar-refractivity contribution is 9.10. The maximum absolute atomic E-state index is 14.5. The second-order valence-corrected chi connectivity index (χ2v) is 9.49. The van der Waals surface area contributed by atoms with E-state index in [1.165, 1.54) is 0 Å². The number of nitrogens with zero attached hydrogens (tertiary/aromatic N) is 1. The fourth-order valence-corrected chi connectivity index (χ4v) is 5.52. The Balaban J connectivity index is 1.94. The third kappa shape index (κ3) is 3.25. The summed E-state index contributed by atoms with van der Waals surface area (Å²) in [5.41, 5.74) is 9.31. The molecular weight excluding hydrogens is 484 g/mol. The van der Waals surface area contributed by atoms with Gasteiger partial charge in [0.15, 0.2) is 0 Å². The Morgan fingerprint density at radius 3 is 1.74 bits per heavy atom. The van der Waals surface area contributed by atoms with Crippen molar-refractivity contribution in [2.24, 2.45) is 5.73 Å². The van der Waals surface area contributed by atoms with Gasteiger partial charge in [-0.15, -0.1) is 6.58 Å². The summed E-state index contributed by atoms with van der Waals surface area (Å²) in [5.74, 6) is -0.156. The Morgan fingerprint density at radius 1 is 0.824 bits per heavy atom. The first kappa shape index (κ1) is 22.3. The van der Waals surface area contributed by atoms with E-state index in [0.717, 1.165) is 32.4 Å². The van der Waals surface area contributed by atoms with Crippen molar-refractivity contribution < 1.29 is 4.79 Å². The molecule has 0 radical (unpaired) electrons. The van der Waals surface area contributed by atoms with Crippen LogP contribution in [0.3, 0.4) is 0 Å². The average molecular weight is 509 g/mol. The second-order valence-electron chi connectivity index (χ2n) is 8.57. The minimum Gasteiger partial charge on any atom is -0.313 e. The van der Waals surface area contributed by atoms with Crippen LogP contribution in [0.4, 0.5) is 5.69 Å². The number of amides is 1. The van der Waals surface area contributed by atoms with Gasteiger partial charge in [0.05, 0.1) is 5.69 Å². The van der Waals surface area contributed by atoms with Crippen LogP contribution in [0.15, 0.2) is 126 Å². The maximum Gasteiger partial charge on any atom is 0.253 e. The van der Waals surface area contributed by atoms with Crippen molar-refractivity contribution in [1.82, 2.24) is 0 Å². The summed E-state index contributed by atoms with van der Waals surface area (Å²) in [6, 6.07) is 36.4. The van der Waals surface area contributed by atoms with Gasteiger partial charge in [-0.25, -0.2) is 0 Å². The van der Waals surface area contributed by atoms with E-state index in [1.54, 1.807) is 6.08 Å². The summed E-state index contributed by atoms with van der Waals surface area (Å²) in [7, 11) is 0. The first-order valence-electron chi connectivity index (χ1n) is 11.2. The molecule has 4 aromatic carbocycles. The van der Waals surface area contributed by atoms with Crippen LogP contribution in [0.1, 0.15) is 28.7 Å². The SMILES string of the molecule is C=CCC1(N)C(=O)N(C(c2ccccc2)(c2ccccc2)c2ccccc2)c2cc(Br)ccc21. The Bertz CT molecular complexity index is 1240. The Labute approximate surface area is 208 Å². The van der Waals surface area contributed by atoms with E-state index in [2.05, 4.69) is 58.9 Å². The second kappa shape index (κ2) is 8.71. The van der Waals surface area contributed by atoms with Gasteiger partial charge < -0.3 is 5.73 Å². The van der Waals surface area contributed by atoms with Crippen molar-refractivity contribution in [3.8, 4) is 0 Å². The summed E-state index contributed by atoms with van der Waals surface area (Å²) in [6.07, 6.45) is 2.06. The van der Waals surface area contributed by atoms with E-state index in [1.807, 2.05) is 77.7 Å². The molecule has 168 valence electrons. The molecular formula is C30H25BrN2O. The van der Waals surface area contributed by atoms with Gasteiger partial charge in [0, 0.05) is 10.0 Å². The molecule has 2 N–H and O–H groups in total. The van der Waals surface area contributed by atoms with Gasteiger partial charge in [-0.05, 0) is 35.2 Å². The molecule has 1 unspecified atom stereocenters. The van der Waals surface area contributed by atoms with Crippen LogP contribution in [-0.4, -0.2) is 5.91 Å². The number of nitrogens with two attached hydrogens (primary N) is 1. The molecule has 0 saturated heterocycles. The maximum atomic E-state index is 14.5. The van der Waals surface area contributed by atoms with Gasteiger partial charge in [0.1, 0.15) is 11.1 Å². The summed E-state index contributed by atoms with van der Waals surface area (Å²) in [4.78, 5) is 16.4. The molecule has 1 heterocycles. The average Bonchev–Trinajstić information content (AvgIpc) is 3.08. The van der Waals surface area contributed by atoms with Crippen LogP contribution >= 0.6 is 15.9 Å². The Hall–Kier alpha value is -3.47. The van der Waals surface area contributed by atoms with E-state index in [9.17, 15) is 4.79 Å². The summed E-state index contributed by atoms with van der Waals surface area (Å²) in [6.45, 7) is 3.90. The number of hydrogen-bond acceptors (Lipinski definition) is 2. The van der Waals surface area contributed by atoms with Gasteiger partial charge >= 0.3 is 0 Å². The van der Waals surface area contributed by atoms with E-state index in [4.69, 9.17) is 5.73 Å². The lowest BCUT2D eigenvalue weighted by atomic mass is 9.75. The number of carbonyl (C=O) groups excluding carboxylic acids is 1. The van der Waals surface area contributed by atoms with Gasteiger partial charge in [0.25, 0.3) is 5.91 Å². The Kier molecular flexibility index (Phi) is 5.72. The number of rotatable bonds is 6. The zero-order chi connectivity index (χ0) is 23.8. The first-order valence-corrected chi connectivity index (χ1v) is 12.0. The molecule has 0 aromatic heterocycles. The molecule has 4 aromatic rings. The normalized spacial score (nSPS) is 17.5. The molecule has 0 spiro atoms. The minimum absolute atomic E-state index is 0.156. The summed E-state index contributed by atoms with van der Waals surface area (Å²) in [5, 5.41) is 0. The standard InChI is InChI=1S/C30H25BrN2O/c1-2-20-29(32)26-19-18-25(31)21-27(26)33(28(29)34)30(22-12-6-3-7-13-22,23-14-8-4-9-15-23)24-16-10-5-11-17-24/h2-19,21H,1,20,32H2. The predicted octanol–water partition coefficient (Wildman–Crippen LogP) is 6.52. The minimum atomic E-state index is -1.21. The zero-order valence-corrected chi connectivity index (χ0v) is 20.3. The molecule has 3 nitrogen and oxygen atoms in total. The van der Waals surface area contributed by atoms with Crippen molar-refractivity contribution in [1.29, 1.82) is 0 Å². The number of halogens is 1. The molecule has 0 aliphatic carbocycles. The molecule has 0 fully saturated rings. The number of carbonyl (C=O) groups is 1. The van der Waals surface area contributed by atoms with Crippen LogP contribution in [0.25, 0.3) is 0 Å². The van der Waals surface area contributed by atoms with Crippen LogP contribution in [0.5, 0.6) is 0 Å².